The van der Waals surface area contributed by atoms with E-state index in [1.54, 1.807) is 13.3 Å². The number of methoxy groups -OCH3 is 1. The van der Waals surface area contributed by atoms with Gasteiger partial charge in [-0.2, -0.15) is 5.10 Å². The van der Waals surface area contributed by atoms with Gasteiger partial charge in [-0.3, -0.25) is 10.5 Å². The Kier molecular flexibility index (Phi) is 5.56. The molecule has 0 radical (unpaired) electrons. The summed E-state index contributed by atoms with van der Waals surface area (Å²) in [5.74, 6) is 5.73. The molecule has 2 aromatic rings. The number of nitrogens with two attached hydrogens (primary N) is 1. The molecule has 5 nitrogen and oxygen atoms in total. The number of hydrogen-bond acceptors (Lipinski definition) is 4. The molecule has 0 saturated heterocycles. The van der Waals surface area contributed by atoms with Gasteiger partial charge in [-0.15, -0.1) is 0 Å². The van der Waals surface area contributed by atoms with Crippen LogP contribution < -0.4 is 11.3 Å². The lowest BCUT2D eigenvalue weighted by atomic mass is 10.0. The molecule has 2 rings (SSSR count). The lowest BCUT2D eigenvalue weighted by Gasteiger charge is -2.19. The second-order valence-electron chi connectivity index (χ2n) is 4.25. The van der Waals surface area contributed by atoms with Crippen LogP contribution in [0.15, 0.2) is 34.9 Å². The molecule has 1 atom stereocenters. The van der Waals surface area contributed by atoms with E-state index in [1.165, 1.54) is 0 Å². The van der Waals surface area contributed by atoms with Gasteiger partial charge < -0.3 is 4.74 Å². The summed E-state index contributed by atoms with van der Waals surface area (Å²) >= 11 is 9.56. The second kappa shape index (κ2) is 7.19. The highest BCUT2D eigenvalue weighted by molar-refractivity contribution is 9.10. The van der Waals surface area contributed by atoms with Gasteiger partial charge in [-0.05, 0) is 33.6 Å². The Hall–Kier alpha value is -0.920. The third-order valence-electron chi connectivity index (χ3n) is 2.96. The van der Waals surface area contributed by atoms with E-state index in [2.05, 4.69) is 26.5 Å². The Bertz CT molecular complexity index is 575. The molecule has 0 amide bonds. The first-order valence-electron chi connectivity index (χ1n) is 6.09. The fraction of sp³-hybridized carbons (Fsp3) is 0.308. The van der Waals surface area contributed by atoms with Gasteiger partial charge in [0.15, 0.2) is 0 Å². The van der Waals surface area contributed by atoms with Crippen LogP contribution in [-0.4, -0.2) is 23.5 Å². The fourth-order valence-electron chi connectivity index (χ4n) is 2.03. The molecule has 0 saturated carbocycles. The van der Waals surface area contributed by atoms with Gasteiger partial charge in [0.2, 0.25) is 0 Å². The number of aromatic nitrogens is 2. The van der Waals surface area contributed by atoms with Crippen molar-refractivity contribution in [2.24, 2.45) is 5.84 Å². The van der Waals surface area contributed by atoms with Crippen LogP contribution in [0.4, 0.5) is 0 Å². The van der Waals surface area contributed by atoms with Crippen LogP contribution in [0.3, 0.4) is 0 Å². The molecule has 1 heterocycles. The summed E-state index contributed by atoms with van der Waals surface area (Å²) in [5, 5.41) is 5.00. The van der Waals surface area contributed by atoms with E-state index in [0.29, 0.717) is 18.2 Å². The standard InChI is InChI=1S/C13H16BrClN4O/c1-20-6-5-19-13(11(14)8-17-19)12(18-16)9-3-2-4-10(15)7-9/h2-4,7-8,12,18H,5-6,16H2,1H3. The molecule has 0 aliphatic rings. The van der Waals surface area contributed by atoms with E-state index in [-0.39, 0.29) is 6.04 Å². The number of nitrogens with zero attached hydrogens (tertiary/aromatic N) is 2. The molecule has 0 aliphatic heterocycles. The average Bonchev–Trinajstić information content (AvgIpc) is 2.79. The van der Waals surface area contributed by atoms with Gasteiger partial charge in [-0.1, -0.05) is 23.7 Å². The van der Waals surface area contributed by atoms with Gasteiger partial charge in [-0.25, -0.2) is 5.43 Å². The largest absolute Gasteiger partial charge is 0.383 e. The summed E-state index contributed by atoms with van der Waals surface area (Å²) in [6.45, 7) is 1.23. The maximum Gasteiger partial charge on any atom is 0.0890 e. The Morgan fingerprint density at radius 3 is 3.00 bits per heavy atom. The summed E-state index contributed by atoms with van der Waals surface area (Å²) in [5.41, 5.74) is 4.72. The number of ether oxygens (including phenoxy) is 1. The van der Waals surface area contributed by atoms with Crippen LogP contribution in [0.25, 0.3) is 0 Å². The molecule has 20 heavy (non-hydrogen) atoms. The first kappa shape index (κ1) is 15.5. The molecule has 1 aromatic carbocycles. The zero-order valence-corrected chi connectivity index (χ0v) is 13.4. The van der Waals surface area contributed by atoms with E-state index >= 15 is 0 Å². The highest BCUT2D eigenvalue weighted by Crippen LogP contribution is 2.29. The van der Waals surface area contributed by atoms with Crippen LogP contribution in [0.1, 0.15) is 17.3 Å². The molecule has 1 aromatic heterocycles. The van der Waals surface area contributed by atoms with Crippen molar-refractivity contribution in [1.82, 2.24) is 15.2 Å². The minimum Gasteiger partial charge on any atom is -0.383 e. The van der Waals surface area contributed by atoms with Crippen LogP contribution in [-0.2, 0) is 11.3 Å². The van der Waals surface area contributed by atoms with E-state index in [0.717, 1.165) is 15.7 Å². The van der Waals surface area contributed by atoms with E-state index < -0.39 is 0 Å². The normalized spacial score (nSPS) is 12.6. The number of halogens is 2. The Labute approximate surface area is 131 Å². The SMILES string of the molecule is COCCn1ncc(Br)c1C(NN)c1cccc(Cl)c1. The number of hydrazine groups is 1. The molecular formula is C13H16BrClN4O. The molecule has 0 fully saturated rings. The van der Waals surface area contributed by atoms with Crippen molar-refractivity contribution in [3.05, 3.63) is 51.2 Å². The Morgan fingerprint density at radius 2 is 2.35 bits per heavy atom. The number of rotatable bonds is 6. The second-order valence-corrected chi connectivity index (χ2v) is 5.54. The number of nitrogens with one attached hydrogen (secondary N) is 1. The van der Waals surface area contributed by atoms with Crippen molar-refractivity contribution in [3.8, 4) is 0 Å². The lowest BCUT2D eigenvalue weighted by molar-refractivity contribution is 0.182. The lowest BCUT2D eigenvalue weighted by Crippen LogP contribution is -2.31. The minimum atomic E-state index is -0.206. The number of hydrogen-bond donors (Lipinski definition) is 2. The summed E-state index contributed by atoms with van der Waals surface area (Å²) in [7, 11) is 1.66. The Balaban J connectivity index is 2.38. The average molecular weight is 360 g/mol. The fourth-order valence-corrected chi connectivity index (χ4v) is 2.76. The topological polar surface area (TPSA) is 65.1 Å². The number of benzene rings is 1. The van der Waals surface area contributed by atoms with Gasteiger partial charge >= 0.3 is 0 Å². The molecular weight excluding hydrogens is 344 g/mol. The maximum absolute atomic E-state index is 6.05. The Morgan fingerprint density at radius 1 is 1.55 bits per heavy atom. The molecule has 108 valence electrons. The van der Waals surface area contributed by atoms with Crippen molar-refractivity contribution in [3.63, 3.8) is 0 Å². The molecule has 1 unspecified atom stereocenters. The highest BCUT2D eigenvalue weighted by Gasteiger charge is 2.21. The van der Waals surface area contributed by atoms with Crippen molar-refractivity contribution in [2.45, 2.75) is 12.6 Å². The third kappa shape index (κ3) is 3.39. The van der Waals surface area contributed by atoms with E-state index in [9.17, 15) is 0 Å². The zero-order valence-electron chi connectivity index (χ0n) is 11.0. The summed E-state index contributed by atoms with van der Waals surface area (Å²) in [4.78, 5) is 0. The van der Waals surface area contributed by atoms with Crippen molar-refractivity contribution in [1.29, 1.82) is 0 Å². The van der Waals surface area contributed by atoms with E-state index in [1.807, 2.05) is 28.9 Å². The van der Waals surface area contributed by atoms with Crippen LogP contribution in [0.2, 0.25) is 5.02 Å². The van der Waals surface area contributed by atoms with Gasteiger partial charge in [0.05, 0.1) is 35.6 Å². The summed E-state index contributed by atoms with van der Waals surface area (Å²) < 4.78 is 7.85. The van der Waals surface area contributed by atoms with Crippen LogP contribution in [0.5, 0.6) is 0 Å². The minimum absolute atomic E-state index is 0.206. The first-order valence-corrected chi connectivity index (χ1v) is 7.26. The van der Waals surface area contributed by atoms with Gasteiger partial charge in [0, 0.05) is 12.1 Å². The quantitative estimate of drug-likeness (QED) is 0.614. The van der Waals surface area contributed by atoms with Crippen LogP contribution in [0, 0.1) is 0 Å². The van der Waals surface area contributed by atoms with Gasteiger partial charge in [0.25, 0.3) is 0 Å². The van der Waals surface area contributed by atoms with Crippen molar-refractivity contribution >= 4 is 27.5 Å². The summed E-state index contributed by atoms with van der Waals surface area (Å²) in [6.07, 6.45) is 1.75. The van der Waals surface area contributed by atoms with Crippen LogP contribution >= 0.6 is 27.5 Å². The highest BCUT2D eigenvalue weighted by atomic mass is 79.9. The van der Waals surface area contributed by atoms with E-state index in [4.69, 9.17) is 22.2 Å². The first-order chi connectivity index (χ1) is 9.67. The van der Waals surface area contributed by atoms with Gasteiger partial charge in [0.1, 0.15) is 0 Å². The van der Waals surface area contributed by atoms with Crippen molar-refractivity contribution < 1.29 is 4.74 Å². The monoisotopic (exact) mass is 358 g/mol. The summed E-state index contributed by atoms with van der Waals surface area (Å²) in [6, 6.07) is 7.37. The third-order valence-corrected chi connectivity index (χ3v) is 3.81. The maximum atomic E-state index is 6.05. The predicted octanol–water partition coefficient (Wildman–Crippen LogP) is 2.50. The molecule has 0 spiro atoms. The molecule has 0 bridgehead atoms. The van der Waals surface area contributed by atoms with Crippen molar-refractivity contribution in [2.75, 3.05) is 13.7 Å². The zero-order chi connectivity index (χ0) is 14.5. The molecule has 7 heteroatoms. The molecule has 3 N–H and O–H groups in total. The molecule has 0 aliphatic carbocycles. The smallest absolute Gasteiger partial charge is 0.0890 e. The predicted molar refractivity (Wildman–Crippen MR) is 82.4 cm³/mol.